The Kier molecular flexibility index (Phi) is 5.38. The molecular weight excluding hydrogens is 376 g/mol. The van der Waals surface area contributed by atoms with Crippen LogP contribution in [0.2, 0.25) is 0 Å². The van der Waals surface area contributed by atoms with Gasteiger partial charge in [-0.25, -0.2) is 9.18 Å². The number of halogens is 4. The quantitative estimate of drug-likeness (QED) is 0.674. The number of rotatable bonds is 2. The number of amides is 1. The van der Waals surface area contributed by atoms with Crippen molar-refractivity contribution in [1.29, 1.82) is 0 Å². The van der Waals surface area contributed by atoms with Crippen molar-refractivity contribution in [1.82, 2.24) is 9.80 Å². The van der Waals surface area contributed by atoms with Crippen LogP contribution in [-0.4, -0.2) is 47.7 Å². The van der Waals surface area contributed by atoms with E-state index in [1.54, 1.807) is 4.90 Å². The van der Waals surface area contributed by atoms with Crippen LogP contribution in [0, 0.1) is 11.2 Å². The third-order valence-corrected chi connectivity index (χ3v) is 5.37. The van der Waals surface area contributed by atoms with Crippen LogP contribution in [0.4, 0.5) is 22.4 Å². The van der Waals surface area contributed by atoms with E-state index in [0.29, 0.717) is 25.7 Å². The number of ether oxygens (including phenoxy) is 1. The number of alkyl halides is 3. The van der Waals surface area contributed by atoms with Crippen LogP contribution in [0.1, 0.15) is 44.7 Å². The van der Waals surface area contributed by atoms with E-state index in [0.717, 1.165) is 32.0 Å². The van der Waals surface area contributed by atoms with Crippen molar-refractivity contribution < 1.29 is 27.1 Å². The summed E-state index contributed by atoms with van der Waals surface area (Å²) in [7, 11) is 0. The second-order valence-electron chi connectivity index (χ2n) is 8.92. The highest BCUT2D eigenvalue weighted by atomic mass is 19.4. The summed E-state index contributed by atoms with van der Waals surface area (Å²) in [6.07, 6.45) is -3.15. The Balaban J connectivity index is 1.50. The van der Waals surface area contributed by atoms with Crippen LogP contribution < -0.4 is 0 Å². The molecule has 0 radical (unpaired) electrons. The predicted octanol–water partition coefficient (Wildman–Crippen LogP) is 4.68. The minimum absolute atomic E-state index is 0.0981. The van der Waals surface area contributed by atoms with Crippen molar-refractivity contribution in [3.8, 4) is 0 Å². The summed E-state index contributed by atoms with van der Waals surface area (Å²) in [6.45, 7) is 8.56. The highest BCUT2D eigenvalue weighted by Crippen LogP contribution is 2.41. The minimum atomic E-state index is -4.54. The lowest BCUT2D eigenvalue weighted by Crippen LogP contribution is -2.60. The molecule has 2 saturated heterocycles. The van der Waals surface area contributed by atoms with Crippen LogP contribution in [0.25, 0.3) is 0 Å². The number of piperidine rings is 1. The summed E-state index contributed by atoms with van der Waals surface area (Å²) in [5.74, 6) is -0.824. The highest BCUT2D eigenvalue weighted by molar-refractivity contribution is 5.68. The summed E-state index contributed by atoms with van der Waals surface area (Å²) in [4.78, 5) is 15.9. The van der Waals surface area contributed by atoms with E-state index in [2.05, 4.69) is 0 Å². The Morgan fingerprint density at radius 3 is 2.25 bits per heavy atom. The van der Waals surface area contributed by atoms with Gasteiger partial charge in [-0.3, -0.25) is 4.90 Å². The lowest BCUT2D eigenvalue weighted by atomic mass is 9.72. The van der Waals surface area contributed by atoms with E-state index in [9.17, 15) is 22.4 Å². The van der Waals surface area contributed by atoms with E-state index >= 15 is 0 Å². The smallest absolute Gasteiger partial charge is 0.416 e. The van der Waals surface area contributed by atoms with Gasteiger partial charge >= 0.3 is 12.3 Å². The molecule has 2 aliphatic rings. The number of benzene rings is 1. The van der Waals surface area contributed by atoms with Gasteiger partial charge in [-0.05, 0) is 51.2 Å². The fourth-order valence-electron chi connectivity index (χ4n) is 3.91. The fraction of sp³-hybridized carbons (Fsp3) is 0.650. The Morgan fingerprint density at radius 1 is 1.14 bits per heavy atom. The zero-order valence-electron chi connectivity index (χ0n) is 16.4. The average molecular weight is 402 g/mol. The summed E-state index contributed by atoms with van der Waals surface area (Å²) < 4.78 is 57.4. The van der Waals surface area contributed by atoms with Gasteiger partial charge in [0.15, 0.2) is 0 Å². The average Bonchev–Trinajstić information content (AvgIpc) is 2.53. The SMILES string of the molecule is CC(C)(C)OC(=O)N1CCC2(CC1)CN(Cc1ccc(C(F)(F)F)cc1F)C2. The van der Waals surface area contributed by atoms with E-state index in [1.165, 1.54) is 6.07 Å². The second kappa shape index (κ2) is 7.21. The Hall–Kier alpha value is -1.83. The molecule has 4 nitrogen and oxygen atoms in total. The first-order valence-corrected chi connectivity index (χ1v) is 9.43. The monoisotopic (exact) mass is 402 g/mol. The lowest BCUT2D eigenvalue weighted by Gasteiger charge is -2.54. The second-order valence-corrected chi connectivity index (χ2v) is 8.92. The molecule has 1 aromatic rings. The topological polar surface area (TPSA) is 32.8 Å². The summed E-state index contributed by atoms with van der Waals surface area (Å²) in [5, 5.41) is 0. The van der Waals surface area contributed by atoms with Gasteiger partial charge < -0.3 is 9.64 Å². The van der Waals surface area contributed by atoms with Gasteiger partial charge in [0.1, 0.15) is 11.4 Å². The van der Waals surface area contributed by atoms with Crippen LogP contribution >= 0.6 is 0 Å². The number of likely N-dealkylation sites (tertiary alicyclic amines) is 2. The van der Waals surface area contributed by atoms with Crippen molar-refractivity contribution >= 4 is 6.09 Å². The fourth-order valence-corrected chi connectivity index (χ4v) is 3.91. The first kappa shape index (κ1) is 20.9. The molecule has 0 bridgehead atoms. The molecule has 8 heteroatoms. The van der Waals surface area contributed by atoms with E-state index in [1.807, 2.05) is 25.7 Å². The maximum atomic E-state index is 14.0. The molecule has 2 fully saturated rings. The largest absolute Gasteiger partial charge is 0.444 e. The zero-order valence-corrected chi connectivity index (χ0v) is 16.4. The lowest BCUT2D eigenvalue weighted by molar-refractivity contribution is -0.137. The Bertz CT molecular complexity index is 727. The number of hydrogen-bond donors (Lipinski definition) is 0. The zero-order chi connectivity index (χ0) is 20.7. The summed E-state index contributed by atoms with van der Waals surface area (Å²) in [5.41, 5.74) is -1.12. The molecule has 1 spiro atoms. The molecule has 0 atom stereocenters. The maximum Gasteiger partial charge on any atom is 0.416 e. The van der Waals surface area contributed by atoms with Gasteiger partial charge in [0, 0.05) is 38.3 Å². The molecule has 3 rings (SSSR count). The van der Waals surface area contributed by atoms with Crippen LogP contribution in [0.15, 0.2) is 18.2 Å². The summed E-state index contributed by atoms with van der Waals surface area (Å²) >= 11 is 0. The molecule has 0 N–H and O–H groups in total. The summed E-state index contributed by atoms with van der Waals surface area (Å²) in [6, 6.07) is 2.70. The van der Waals surface area contributed by atoms with Gasteiger partial charge in [-0.1, -0.05) is 6.07 Å². The van der Waals surface area contributed by atoms with Gasteiger partial charge in [0.25, 0.3) is 0 Å². The third kappa shape index (κ3) is 4.77. The van der Waals surface area contributed by atoms with Gasteiger partial charge in [0.05, 0.1) is 5.56 Å². The van der Waals surface area contributed by atoms with Crippen molar-refractivity contribution in [3.63, 3.8) is 0 Å². The molecule has 1 aromatic carbocycles. The first-order chi connectivity index (χ1) is 12.9. The number of carbonyl (C=O) groups is 1. The van der Waals surface area contributed by atoms with Crippen molar-refractivity contribution in [2.24, 2.45) is 5.41 Å². The van der Waals surface area contributed by atoms with Crippen molar-refractivity contribution in [2.75, 3.05) is 26.2 Å². The molecule has 156 valence electrons. The predicted molar refractivity (Wildman–Crippen MR) is 96.2 cm³/mol. The van der Waals surface area contributed by atoms with Gasteiger partial charge in [-0.2, -0.15) is 13.2 Å². The Labute approximate surface area is 162 Å². The third-order valence-electron chi connectivity index (χ3n) is 5.37. The molecule has 1 amide bonds. The normalized spacial score (nSPS) is 20.2. The Morgan fingerprint density at radius 2 is 1.75 bits per heavy atom. The minimum Gasteiger partial charge on any atom is -0.444 e. The van der Waals surface area contributed by atoms with Crippen LogP contribution in [0.3, 0.4) is 0 Å². The van der Waals surface area contributed by atoms with E-state index in [4.69, 9.17) is 4.74 Å². The molecule has 0 aromatic heterocycles. The van der Waals surface area contributed by atoms with E-state index < -0.39 is 23.2 Å². The molecular formula is C20H26F4N2O2. The van der Waals surface area contributed by atoms with Crippen LogP contribution in [0.5, 0.6) is 0 Å². The molecule has 0 aliphatic carbocycles. The van der Waals surface area contributed by atoms with Gasteiger partial charge in [-0.15, -0.1) is 0 Å². The van der Waals surface area contributed by atoms with Crippen LogP contribution in [-0.2, 0) is 17.5 Å². The van der Waals surface area contributed by atoms with E-state index in [-0.39, 0.29) is 17.1 Å². The van der Waals surface area contributed by atoms with Crippen molar-refractivity contribution in [2.45, 2.75) is 51.9 Å². The highest BCUT2D eigenvalue weighted by Gasteiger charge is 2.45. The molecule has 2 aliphatic heterocycles. The number of hydrogen-bond acceptors (Lipinski definition) is 3. The molecule has 2 heterocycles. The molecule has 0 unspecified atom stereocenters. The standard InChI is InChI=1S/C20H26F4N2O2/c1-18(2,3)28-17(27)26-8-6-19(7-9-26)12-25(13-19)11-14-4-5-15(10-16(14)21)20(22,23)24/h4-5,10H,6-9,11-13H2,1-3H3. The molecule has 0 saturated carbocycles. The maximum absolute atomic E-state index is 14.0. The molecule has 28 heavy (non-hydrogen) atoms. The first-order valence-electron chi connectivity index (χ1n) is 9.43. The van der Waals surface area contributed by atoms with Crippen molar-refractivity contribution in [3.05, 3.63) is 35.1 Å². The van der Waals surface area contributed by atoms with Gasteiger partial charge in [0.2, 0.25) is 0 Å². The number of carbonyl (C=O) groups excluding carboxylic acids is 1. The number of nitrogens with zero attached hydrogens (tertiary/aromatic N) is 2.